The van der Waals surface area contributed by atoms with Crippen molar-refractivity contribution in [3.05, 3.63) is 76.6 Å². The standard InChI is InChI=1S/C22H20N4O3/c1-3-26-19(10-13(2)25-26)22(29)23-17-7-4-14(5-8-17)21(28)15-6-9-18-16(11-15)12-20(27)24-18/h4-11H,3,12H2,1-2H3,(H,23,29)(H,24,27). The Morgan fingerprint density at radius 2 is 1.83 bits per heavy atom. The number of hydrogen-bond acceptors (Lipinski definition) is 4. The Labute approximate surface area is 167 Å². The molecule has 2 amide bonds. The Morgan fingerprint density at radius 3 is 2.55 bits per heavy atom. The van der Waals surface area contributed by atoms with Gasteiger partial charge in [0.15, 0.2) is 5.78 Å². The van der Waals surface area contributed by atoms with Gasteiger partial charge in [-0.1, -0.05) is 0 Å². The Kier molecular flexibility index (Phi) is 4.72. The molecule has 2 aromatic carbocycles. The van der Waals surface area contributed by atoms with Crippen molar-refractivity contribution in [1.29, 1.82) is 0 Å². The lowest BCUT2D eigenvalue weighted by molar-refractivity contribution is -0.115. The molecule has 0 bridgehead atoms. The maximum Gasteiger partial charge on any atom is 0.273 e. The van der Waals surface area contributed by atoms with E-state index in [9.17, 15) is 14.4 Å². The summed E-state index contributed by atoms with van der Waals surface area (Å²) >= 11 is 0. The minimum Gasteiger partial charge on any atom is -0.326 e. The lowest BCUT2D eigenvalue weighted by Gasteiger charge is -2.08. The number of aromatic nitrogens is 2. The molecule has 146 valence electrons. The fourth-order valence-electron chi connectivity index (χ4n) is 3.41. The maximum absolute atomic E-state index is 12.8. The van der Waals surface area contributed by atoms with Crippen LogP contribution in [0.25, 0.3) is 0 Å². The van der Waals surface area contributed by atoms with Gasteiger partial charge in [0.2, 0.25) is 5.91 Å². The molecule has 7 nitrogen and oxygen atoms in total. The maximum atomic E-state index is 12.8. The molecule has 4 rings (SSSR count). The molecule has 1 aliphatic heterocycles. The van der Waals surface area contributed by atoms with E-state index in [0.717, 1.165) is 16.9 Å². The van der Waals surface area contributed by atoms with Gasteiger partial charge in [-0.15, -0.1) is 0 Å². The van der Waals surface area contributed by atoms with Gasteiger partial charge in [-0.25, -0.2) is 0 Å². The molecule has 0 fully saturated rings. The van der Waals surface area contributed by atoms with Gasteiger partial charge >= 0.3 is 0 Å². The van der Waals surface area contributed by atoms with Gasteiger partial charge in [-0.2, -0.15) is 5.10 Å². The largest absolute Gasteiger partial charge is 0.326 e. The lowest BCUT2D eigenvalue weighted by Crippen LogP contribution is -2.17. The molecule has 0 saturated heterocycles. The molecule has 2 N–H and O–H groups in total. The molecule has 0 atom stereocenters. The third-order valence-electron chi connectivity index (χ3n) is 4.83. The molecule has 1 aliphatic rings. The summed E-state index contributed by atoms with van der Waals surface area (Å²) in [4.78, 5) is 36.8. The molecule has 1 aromatic heterocycles. The van der Waals surface area contributed by atoms with Crippen LogP contribution in [0.4, 0.5) is 11.4 Å². The van der Waals surface area contributed by atoms with Gasteiger partial charge in [0.05, 0.1) is 12.1 Å². The van der Waals surface area contributed by atoms with E-state index < -0.39 is 0 Å². The van der Waals surface area contributed by atoms with Crippen LogP contribution in [-0.4, -0.2) is 27.4 Å². The Bertz CT molecular complexity index is 1130. The topological polar surface area (TPSA) is 93.1 Å². The first-order valence-electron chi connectivity index (χ1n) is 9.38. The first-order chi connectivity index (χ1) is 13.9. The molecule has 0 aliphatic carbocycles. The minimum absolute atomic E-state index is 0.0655. The van der Waals surface area contributed by atoms with Crippen LogP contribution in [0.15, 0.2) is 48.5 Å². The van der Waals surface area contributed by atoms with Gasteiger partial charge < -0.3 is 10.6 Å². The fraction of sp³-hybridized carbons (Fsp3) is 0.182. The monoisotopic (exact) mass is 388 g/mol. The number of aryl methyl sites for hydroxylation is 2. The highest BCUT2D eigenvalue weighted by molar-refractivity contribution is 6.10. The smallest absolute Gasteiger partial charge is 0.273 e. The van der Waals surface area contributed by atoms with Crippen LogP contribution in [0.2, 0.25) is 0 Å². The Morgan fingerprint density at radius 1 is 1.10 bits per heavy atom. The van der Waals surface area contributed by atoms with Crippen LogP contribution >= 0.6 is 0 Å². The predicted molar refractivity (Wildman–Crippen MR) is 109 cm³/mol. The number of nitrogens with one attached hydrogen (secondary N) is 2. The fourth-order valence-corrected chi connectivity index (χ4v) is 3.41. The van der Waals surface area contributed by atoms with E-state index in [1.807, 2.05) is 13.8 Å². The molecule has 2 heterocycles. The molecule has 7 heteroatoms. The van der Waals surface area contributed by atoms with Gasteiger partial charge in [-0.3, -0.25) is 19.1 Å². The number of carbonyl (C=O) groups is 3. The average Bonchev–Trinajstić information content (AvgIpc) is 3.28. The number of nitrogens with zero attached hydrogens (tertiary/aromatic N) is 2. The van der Waals surface area contributed by atoms with Gasteiger partial charge in [0.1, 0.15) is 5.69 Å². The zero-order valence-electron chi connectivity index (χ0n) is 16.2. The van der Waals surface area contributed by atoms with E-state index in [4.69, 9.17) is 0 Å². The highest BCUT2D eigenvalue weighted by Crippen LogP contribution is 2.25. The summed E-state index contributed by atoms with van der Waals surface area (Å²) in [5.41, 5.74) is 4.49. The second-order valence-electron chi connectivity index (χ2n) is 6.94. The summed E-state index contributed by atoms with van der Waals surface area (Å²) in [5, 5.41) is 9.87. The van der Waals surface area contributed by atoms with Gasteiger partial charge in [0.25, 0.3) is 5.91 Å². The predicted octanol–water partition coefficient (Wildman–Crippen LogP) is 3.19. The number of hydrogen-bond donors (Lipinski definition) is 2. The first-order valence-corrected chi connectivity index (χ1v) is 9.38. The summed E-state index contributed by atoms with van der Waals surface area (Å²) in [7, 11) is 0. The number of fused-ring (bicyclic) bond motifs is 1. The molecular formula is C22H20N4O3. The third kappa shape index (κ3) is 3.67. The second kappa shape index (κ2) is 7.35. The normalized spacial score (nSPS) is 12.4. The van der Waals surface area contributed by atoms with E-state index in [2.05, 4.69) is 15.7 Å². The van der Waals surface area contributed by atoms with Crippen molar-refractivity contribution in [3.8, 4) is 0 Å². The summed E-state index contributed by atoms with van der Waals surface area (Å²) in [6, 6.07) is 13.7. The van der Waals surface area contributed by atoms with E-state index in [1.165, 1.54) is 0 Å². The van der Waals surface area contributed by atoms with Crippen LogP contribution in [0.3, 0.4) is 0 Å². The van der Waals surface area contributed by atoms with Crippen LogP contribution in [0.1, 0.15) is 44.6 Å². The van der Waals surface area contributed by atoms with Gasteiger partial charge in [0, 0.05) is 29.0 Å². The molecule has 0 unspecified atom stereocenters. The van der Waals surface area contributed by atoms with Crippen molar-refractivity contribution in [3.63, 3.8) is 0 Å². The number of anilines is 2. The second-order valence-corrected chi connectivity index (χ2v) is 6.94. The molecule has 3 aromatic rings. The van der Waals surface area contributed by atoms with Crippen LogP contribution in [-0.2, 0) is 17.8 Å². The van der Waals surface area contributed by atoms with Gasteiger partial charge in [-0.05, 0) is 67.9 Å². The molecular weight excluding hydrogens is 368 g/mol. The van der Waals surface area contributed by atoms with E-state index in [-0.39, 0.29) is 24.0 Å². The minimum atomic E-state index is -0.248. The van der Waals surface area contributed by atoms with E-state index in [1.54, 1.807) is 53.2 Å². The number of amides is 2. The lowest BCUT2D eigenvalue weighted by atomic mass is 10.00. The molecule has 0 saturated carbocycles. The van der Waals surface area contributed by atoms with Crippen molar-refractivity contribution in [2.24, 2.45) is 0 Å². The number of benzene rings is 2. The van der Waals surface area contributed by atoms with Crippen molar-refractivity contribution < 1.29 is 14.4 Å². The quantitative estimate of drug-likeness (QED) is 0.657. The highest BCUT2D eigenvalue weighted by Gasteiger charge is 2.20. The molecule has 0 radical (unpaired) electrons. The number of carbonyl (C=O) groups excluding carboxylic acids is 3. The van der Waals surface area contributed by atoms with Crippen molar-refractivity contribution in [1.82, 2.24) is 9.78 Å². The van der Waals surface area contributed by atoms with Crippen molar-refractivity contribution in [2.75, 3.05) is 10.6 Å². The van der Waals surface area contributed by atoms with Crippen LogP contribution in [0, 0.1) is 6.92 Å². The summed E-state index contributed by atoms with van der Waals surface area (Å²) in [6.45, 7) is 4.37. The molecule has 0 spiro atoms. The highest BCUT2D eigenvalue weighted by atomic mass is 16.2. The number of rotatable bonds is 5. The van der Waals surface area contributed by atoms with Crippen LogP contribution in [0.5, 0.6) is 0 Å². The average molecular weight is 388 g/mol. The Hall–Kier alpha value is -3.74. The first kappa shape index (κ1) is 18.6. The molecule has 29 heavy (non-hydrogen) atoms. The third-order valence-corrected chi connectivity index (χ3v) is 4.83. The van der Waals surface area contributed by atoms with Crippen molar-refractivity contribution in [2.45, 2.75) is 26.8 Å². The van der Waals surface area contributed by atoms with Crippen molar-refractivity contribution >= 4 is 29.0 Å². The zero-order chi connectivity index (χ0) is 20.5. The number of ketones is 1. The zero-order valence-corrected chi connectivity index (χ0v) is 16.2. The SMILES string of the molecule is CCn1nc(C)cc1C(=O)Nc1ccc(C(=O)c2ccc3c(c2)CC(=O)N3)cc1. The summed E-state index contributed by atoms with van der Waals surface area (Å²) in [5.74, 6) is -0.448. The van der Waals surface area contributed by atoms with E-state index >= 15 is 0 Å². The van der Waals surface area contributed by atoms with Crippen LogP contribution < -0.4 is 10.6 Å². The Balaban J connectivity index is 1.49. The summed E-state index contributed by atoms with van der Waals surface area (Å²) < 4.78 is 1.65. The van der Waals surface area contributed by atoms with E-state index in [0.29, 0.717) is 29.1 Å². The summed E-state index contributed by atoms with van der Waals surface area (Å²) in [6.07, 6.45) is 0.287.